The Morgan fingerprint density at radius 2 is 1.69 bits per heavy atom. The molecule has 148 valence electrons. The van der Waals surface area contributed by atoms with Gasteiger partial charge in [-0.25, -0.2) is 18.4 Å². The summed E-state index contributed by atoms with van der Waals surface area (Å²) in [5.74, 6) is 1.06. The third kappa shape index (κ3) is 4.34. The van der Waals surface area contributed by atoms with Gasteiger partial charge in [0.15, 0.2) is 11.6 Å². The molecule has 0 bridgehead atoms. The molecule has 0 aliphatic carbocycles. The van der Waals surface area contributed by atoms with E-state index in [1.165, 1.54) is 6.07 Å². The van der Waals surface area contributed by atoms with Crippen molar-refractivity contribution in [2.75, 3.05) is 17.1 Å². The van der Waals surface area contributed by atoms with Gasteiger partial charge in [0.2, 0.25) is 0 Å². The Morgan fingerprint density at radius 1 is 0.966 bits per heavy atom. The van der Waals surface area contributed by atoms with E-state index < -0.39 is 10.0 Å². The van der Waals surface area contributed by atoms with E-state index >= 15 is 0 Å². The van der Waals surface area contributed by atoms with Crippen LogP contribution in [0.25, 0.3) is 11.0 Å². The molecule has 2 heterocycles. The van der Waals surface area contributed by atoms with E-state index in [4.69, 9.17) is 4.74 Å². The van der Waals surface area contributed by atoms with Crippen LogP contribution >= 0.6 is 27.3 Å². The molecular formula is C19H15BrN4O3S2. The molecule has 0 atom stereocenters. The number of methoxy groups -OCH3 is 1. The molecule has 4 aromatic rings. The van der Waals surface area contributed by atoms with Crippen LogP contribution in [0.1, 0.15) is 0 Å². The Labute approximate surface area is 180 Å². The third-order valence-corrected chi connectivity index (χ3v) is 7.40. The number of nitrogens with zero attached hydrogens (tertiary/aromatic N) is 2. The second kappa shape index (κ2) is 7.97. The molecule has 10 heteroatoms. The molecule has 0 saturated carbocycles. The zero-order valence-corrected chi connectivity index (χ0v) is 18.3. The fourth-order valence-corrected chi connectivity index (χ4v) is 5.63. The van der Waals surface area contributed by atoms with Crippen molar-refractivity contribution in [2.24, 2.45) is 0 Å². The topological polar surface area (TPSA) is 93.2 Å². The summed E-state index contributed by atoms with van der Waals surface area (Å²) in [5.41, 5.74) is 1.90. The molecule has 29 heavy (non-hydrogen) atoms. The number of aromatic nitrogens is 2. The van der Waals surface area contributed by atoms with Crippen molar-refractivity contribution in [1.29, 1.82) is 0 Å². The maximum atomic E-state index is 12.8. The van der Waals surface area contributed by atoms with Crippen LogP contribution in [0.4, 0.5) is 17.3 Å². The number of halogens is 1. The predicted molar refractivity (Wildman–Crippen MR) is 119 cm³/mol. The van der Waals surface area contributed by atoms with Crippen LogP contribution in [0.5, 0.6) is 5.75 Å². The minimum absolute atomic E-state index is 0.107. The maximum absolute atomic E-state index is 12.8. The molecule has 0 aliphatic rings. The van der Waals surface area contributed by atoms with Gasteiger partial charge in [-0.2, -0.15) is 0 Å². The highest BCUT2D eigenvalue weighted by atomic mass is 79.9. The van der Waals surface area contributed by atoms with Crippen LogP contribution in [0.2, 0.25) is 0 Å². The highest BCUT2D eigenvalue weighted by molar-refractivity contribution is 9.11. The molecule has 2 aromatic heterocycles. The first-order chi connectivity index (χ1) is 13.9. The van der Waals surface area contributed by atoms with E-state index in [2.05, 4.69) is 35.9 Å². The number of ether oxygens (including phenoxy) is 1. The summed E-state index contributed by atoms with van der Waals surface area (Å²) in [5, 5.41) is 3.13. The third-order valence-electron chi connectivity index (χ3n) is 3.95. The quantitative estimate of drug-likeness (QED) is 0.394. The minimum Gasteiger partial charge on any atom is -0.497 e. The number of para-hydroxylation sites is 2. The maximum Gasteiger partial charge on any atom is 0.272 e. The molecule has 4 rings (SSSR count). The molecule has 2 aromatic carbocycles. The zero-order valence-electron chi connectivity index (χ0n) is 15.1. The first kappa shape index (κ1) is 19.6. The van der Waals surface area contributed by atoms with E-state index in [0.29, 0.717) is 22.5 Å². The van der Waals surface area contributed by atoms with Crippen molar-refractivity contribution in [1.82, 2.24) is 9.97 Å². The fourth-order valence-electron chi connectivity index (χ4n) is 2.62. The first-order valence-corrected chi connectivity index (χ1v) is 11.5. The number of sulfonamides is 1. The number of nitrogens with one attached hydrogen (secondary N) is 2. The van der Waals surface area contributed by atoms with Crippen molar-refractivity contribution in [2.45, 2.75) is 4.21 Å². The summed E-state index contributed by atoms with van der Waals surface area (Å²) in [6, 6.07) is 17.7. The van der Waals surface area contributed by atoms with E-state index in [1.807, 2.05) is 36.4 Å². The second-order valence-electron chi connectivity index (χ2n) is 5.93. The first-order valence-electron chi connectivity index (χ1n) is 8.41. The van der Waals surface area contributed by atoms with E-state index in [9.17, 15) is 8.42 Å². The average Bonchev–Trinajstić information content (AvgIpc) is 3.16. The molecular weight excluding hydrogens is 476 g/mol. The monoisotopic (exact) mass is 490 g/mol. The van der Waals surface area contributed by atoms with Crippen LogP contribution in [0, 0.1) is 0 Å². The number of rotatable bonds is 6. The Balaban J connectivity index is 1.77. The van der Waals surface area contributed by atoms with Gasteiger partial charge in [0.05, 0.1) is 21.9 Å². The number of fused-ring (bicyclic) bond motifs is 1. The number of hydrogen-bond donors (Lipinski definition) is 2. The summed E-state index contributed by atoms with van der Waals surface area (Å²) < 4.78 is 34.3. The van der Waals surface area contributed by atoms with Gasteiger partial charge < -0.3 is 10.1 Å². The minimum atomic E-state index is -3.82. The Morgan fingerprint density at radius 3 is 2.34 bits per heavy atom. The van der Waals surface area contributed by atoms with Gasteiger partial charge >= 0.3 is 0 Å². The van der Waals surface area contributed by atoms with E-state index in [-0.39, 0.29) is 15.8 Å². The van der Waals surface area contributed by atoms with E-state index in [0.717, 1.165) is 15.1 Å². The lowest BCUT2D eigenvalue weighted by atomic mass is 10.3. The molecule has 2 N–H and O–H groups in total. The zero-order chi connectivity index (χ0) is 20.4. The van der Waals surface area contributed by atoms with Crippen molar-refractivity contribution in [3.05, 3.63) is 64.5 Å². The number of anilines is 3. The van der Waals surface area contributed by atoms with Crippen molar-refractivity contribution >= 4 is 65.6 Å². The fraction of sp³-hybridized carbons (Fsp3) is 0.0526. The Hall–Kier alpha value is -2.69. The SMILES string of the molecule is COc1cccc(Nc2nc3ccccc3nc2NS(=O)(=O)c2ccc(Br)s2)c1. The lowest BCUT2D eigenvalue weighted by Crippen LogP contribution is -2.15. The summed E-state index contributed by atoms with van der Waals surface area (Å²) in [4.78, 5) is 9.04. The van der Waals surface area contributed by atoms with Gasteiger partial charge in [0.1, 0.15) is 9.96 Å². The standard InChI is InChI=1S/C19H15BrN4O3S2/c1-27-13-6-4-5-12(11-13)21-18-19(23-15-8-3-2-7-14(15)22-18)24-29(25,26)17-10-9-16(20)28-17/h2-11H,1H3,(H,21,22)(H,23,24). The summed E-state index contributed by atoms with van der Waals surface area (Å²) in [7, 11) is -2.24. The summed E-state index contributed by atoms with van der Waals surface area (Å²) in [6.45, 7) is 0. The molecule has 0 aliphatic heterocycles. The highest BCUT2D eigenvalue weighted by Crippen LogP contribution is 2.31. The highest BCUT2D eigenvalue weighted by Gasteiger charge is 2.20. The van der Waals surface area contributed by atoms with Crippen LogP contribution in [0.3, 0.4) is 0 Å². The average molecular weight is 491 g/mol. The smallest absolute Gasteiger partial charge is 0.272 e. The largest absolute Gasteiger partial charge is 0.497 e. The Bertz CT molecular complexity index is 1290. The van der Waals surface area contributed by atoms with Crippen LogP contribution in [-0.4, -0.2) is 25.5 Å². The lowest BCUT2D eigenvalue weighted by molar-refractivity contribution is 0.415. The van der Waals surface area contributed by atoms with Crippen molar-refractivity contribution in [3.8, 4) is 5.75 Å². The van der Waals surface area contributed by atoms with Crippen LogP contribution < -0.4 is 14.8 Å². The second-order valence-corrected chi connectivity index (χ2v) is 10.3. The van der Waals surface area contributed by atoms with Gasteiger partial charge in [0, 0.05) is 11.8 Å². The molecule has 0 radical (unpaired) electrons. The molecule has 0 fully saturated rings. The van der Waals surface area contributed by atoms with Gasteiger partial charge in [-0.1, -0.05) is 18.2 Å². The lowest BCUT2D eigenvalue weighted by Gasteiger charge is -2.13. The molecule has 0 saturated heterocycles. The van der Waals surface area contributed by atoms with Crippen molar-refractivity contribution in [3.63, 3.8) is 0 Å². The number of thiophene rings is 1. The number of hydrogen-bond acceptors (Lipinski definition) is 7. The molecule has 0 amide bonds. The molecule has 7 nitrogen and oxygen atoms in total. The van der Waals surface area contributed by atoms with Crippen molar-refractivity contribution < 1.29 is 13.2 Å². The summed E-state index contributed by atoms with van der Waals surface area (Å²) in [6.07, 6.45) is 0. The molecule has 0 unspecified atom stereocenters. The van der Waals surface area contributed by atoms with Crippen LogP contribution in [-0.2, 0) is 10.0 Å². The van der Waals surface area contributed by atoms with E-state index in [1.54, 1.807) is 25.3 Å². The van der Waals surface area contributed by atoms with Gasteiger partial charge in [0.25, 0.3) is 10.0 Å². The number of benzene rings is 2. The van der Waals surface area contributed by atoms with Crippen LogP contribution in [0.15, 0.2) is 68.7 Å². The van der Waals surface area contributed by atoms with Gasteiger partial charge in [-0.05, 0) is 52.3 Å². The normalized spacial score (nSPS) is 11.4. The molecule has 0 spiro atoms. The van der Waals surface area contributed by atoms with Gasteiger partial charge in [-0.15, -0.1) is 11.3 Å². The van der Waals surface area contributed by atoms with Gasteiger partial charge in [-0.3, -0.25) is 4.72 Å². The predicted octanol–water partition coefficient (Wildman–Crippen LogP) is 5.01. The Kier molecular flexibility index (Phi) is 5.39. The summed E-state index contributed by atoms with van der Waals surface area (Å²) >= 11 is 4.40.